The molecule has 0 saturated carbocycles. The number of benzene rings is 1. The van der Waals surface area contributed by atoms with Crippen LogP contribution in [-0.2, 0) is 17.8 Å². The van der Waals surface area contributed by atoms with E-state index in [9.17, 15) is 4.79 Å². The Morgan fingerprint density at radius 1 is 1.32 bits per heavy atom. The van der Waals surface area contributed by atoms with Gasteiger partial charge in [-0.15, -0.1) is 5.10 Å². The molecule has 1 aliphatic heterocycles. The first-order valence-corrected chi connectivity index (χ1v) is 10.1. The molecule has 10 nitrogen and oxygen atoms in total. The molecule has 1 amide bonds. The van der Waals surface area contributed by atoms with Crippen LogP contribution in [0.15, 0.2) is 36.5 Å². The maximum Gasteiger partial charge on any atom is 0.270 e. The Morgan fingerprint density at radius 2 is 2.23 bits per heavy atom. The monoisotopic (exact) mass is 423 g/mol. The van der Waals surface area contributed by atoms with E-state index >= 15 is 0 Å². The van der Waals surface area contributed by atoms with Gasteiger partial charge in [0.1, 0.15) is 23.0 Å². The van der Waals surface area contributed by atoms with E-state index in [1.165, 1.54) is 0 Å². The van der Waals surface area contributed by atoms with Crippen molar-refractivity contribution < 1.29 is 14.3 Å². The number of methoxy groups -OCH3 is 1. The number of nitrogens with one attached hydrogen (secondary N) is 2. The van der Waals surface area contributed by atoms with E-state index in [2.05, 4.69) is 30.9 Å². The van der Waals surface area contributed by atoms with Crippen molar-refractivity contribution in [3.63, 3.8) is 0 Å². The number of aryl methyl sites for hydroxylation is 1. The van der Waals surface area contributed by atoms with E-state index in [0.29, 0.717) is 36.9 Å². The number of amides is 1. The molecular formula is C21H25N7O3. The second-order valence-electron chi connectivity index (χ2n) is 7.24. The second-order valence-corrected chi connectivity index (χ2v) is 7.24. The lowest BCUT2D eigenvalue weighted by molar-refractivity contribution is 0.0158. The third kappa shape index (κ3) is 5.41. The average Bonchev–Trinajstić information content (AvgIpc) is 3.26. The van der Waals surface area contributed by atoms with E-state index < -0.39 is 0 Å². The van der Waals surface area contributed by atoms with Crippen LogP contribution in [0.3, 0.4) is 0 Å². The van der Waals surface area contributed by atoms with E-state index in [-0.39, 0.29) is 17.7 Å². The summed E-state index contributed by atoms with van der Waals surface area (Å²) in [6, 6.07) is 9.16. The second kappa shape index (κ2) is 9.63. The lowest BCUT2D eigenvalue weighted by atomic mass is 10.2. The number of hydrogen-bond donors (Lipinski definition) is 2. The van der Waals surface area contributed by atoms with E-state index in [0.717, 1.165) is 24.4 Å². The minimum atomic E-state index is -0.288. The van der Waals surface area contributed by atoms with E-state index in [1.807, 2.05) is 24.3 Å². The molecule has 0 spiro atoms. The molecule has 3 aromatic rings. The molecular weight excluding hydrogens is 398 g/mol. The van der Waals surface area contributed by atoms with Crippen LogP contribution in [0.2, 0.25) is 0 Å². The number of aromatic nitrogens is 5. The Bertz CT molecular complexity index is 1050. The fourth-order valence-electron chi connectivity index (χ4n) is 3.32. The summed E-state index contributed by atoms with van der Waals surface area (Å²) in [5.41, 5.74) is 2.34. The van der Waals surface area contributed by atoms with Gasteiger partial charge in [0.15, 0.2) is 0 Å². The average molecular weight is 423 g/mol. The molecule has 0 bridgehead atoms. The molecule has 10 heteroatoms. The third-order valence-electron chi connectivity index (χ3n) is 4.85. The van der Waals surface area contributed by atoms with Gasteiger partial charge in [-0.1, -0.05) is 17.3 Å². The van der Waals surface area contributed by atoms with Crippen LogP contribution < -0.4 is 15.4 Å². The largest absolute Gasteiger partial charge is 0.497 e. The quantitative estimate of drug-likeness (QED) is 0.578. The Kier molecular flexibility index (Phi) is 6.48. The Labute approximate surface area is 180 Å². The lowest BCUT2D eigenvalue weighted by Crippen LogP contribution is -2.40. The Balaban J connectivity index is 1.44. The fourth-order valence-corrected chi connectivity index (χ4v) is 3.32. The standard InChI is InChI=1S/C21H25N7O3/c1-14-24-18(20-13-28(27-26-20)12-17-11-22-6-7-31-17)9-19(25-14)21(29)23-10-15-4-3-5-16(8-15)30-2/h3-5,8-9,13,17,22H,6-7,10-12H2,1-2H3,(H,23,29)/t17-/m0/s1. The summed E-state index contributed by atoms with van der Waals surface area (Å²) in [5.74, 6) is 0.937. The molecule has 2 aromatic heterocycles. The van der Waals surface area contributed by atoms with Crippen molar-refractivity contribution in [2.45, 2.75) is 26.1 Å². The number of carbonyl (C=O) groups is 1. The van der Waals surface area contributed by atoms with Crippen molar-refractivity contribution in [1.82, 2.24) is 35.6 Å². The Morgan fingerprint density at radius 3 is 3.03 bits per heavy atom. The normalized spacial score (nSPS) is 16.1. The number of hydrogen-bond acceptors (Lipinski definition) is 8. The number of nitrogens with zero attached hydrogens (tertiary/aromatic N) is 5. The minimum absolute atomic E-state index is 0.0494. The zero-order valence-electron chi connectivity index (χ0n) is 17.5. The summed E-state index contributed by atoms with van der Waals surface area (Å²) in [6.07, 6.45) is 1.85. The van der Waals surface area contributed by atoms with Crippen LogP contribution in [0.25, 0.3) is 11.4 Å². The molecule has 2 N–H and O–H groups in total. The van der Waals surface area contributed by atoms with Gasteiger partial charge >= 0.3 is 0 Å². The highest BCUT2D eigenvalue weighted by molar-refractivity contribution is 5.93. The highest BCUT2D eigenvalue weighted by Crippen LogP contribution is 2.16. The van der Waals surface area contributed by atoms with Crippen LogP contribution in [0.1, 0.15) is 21.9 Å². The minimum Gasteiger partial charge on any atom is -0.497 e. The van der Waals surface area contributed by atoms with Crippen LogP contribution in [0.5, 0.6) is 5.75 Å². The van der Waals surface area contributed by atoms with Crippen molar-refractivity contribution in [1.29, 1.82) is 0 Å². The first-order valence-electron chi connectivity index (χ1n) is 10.1. The molecule has 1 atom stereocenters. The van der Waals surface area contributed by atoms with Crippen molar-refractivity contribution in [2.24, 2.45) is 0 Å². The number of ether oxygens (including phenoxy) is 2. The first-order chi connectivity index (χ1) is 15.1. The molecule has 0 aliphatic carbocycles. The first kappa shape index (κ1) is 20.9. The zero-order valence-corrected chi connectivity index (χ0v) is 17.5. The predicted octanol–water partition coefficient (Wildman–Crippen LogP) is 0.971. The fraction of sp³-hybridized carbons (Fsp3) is 0.381. The molecule has 1 aliphatic rings. The molecule has 1 aromatic carbocycles. The Hall–Kier alpha value is -3.37. The molecule has 0 unspecified atom stereocenters. The molecule has 1 fully saturated rings. The molecule has 1 saturated heterocycles. The van der Waals surface area contributed by atoms with Gasteiger partial charge in [-0.2, -0.15) is 0 Å². The van der Waals surface area contributed by atoms with Gasteiger partial charge in [-0.25, -0.2) is 14.6 Å². The third-order valence-corrected chi connectivity index (χ3v) is 4.85. The van der Waals surface area contributed by atoms with Crippen molar-refractivity contribution in [2.75, 3.05) is 26.8 Å². The SMILES string of the molecule is COc1cccc(CNC(=O)c2cc(-c3cn(C[C@@H]4CNCCO4)nn3)nc(C)n2)c1. The zero-order chi connectivity index (χ0) is 21.6. The van der Waals surface area contributed by atoms with Gasteiger partial charge in [0.2, 0.25) is 0 Å². The van der Waals surface area contributed by atoms with Gasteiger partial charge in [-0.3, -0.25) is 4.79 Å². The lowest BCUT2D eigenvalue weighted by Gasteiger charge is -2.23. The van der Waals surface area contributed by atoms with Crippen molar-refractivity contribution in [3.05, 3.63) is 53.6 Å². The number of carbonyl (C=O) groups excluding carboxylic acids is 1. The topological polar surface area (TPSA) is 116 Å². The smallest absolute Gasteiger partial charge is 0.270 e. The summed E-state index contributed by atoms with van der Waals surface area (Å²) in [7, 11) is 1.61. The summed E-state index contributed by atoms with van der Waals surface area (Å²) >= 11 is 0. The van der Waals surface area contributed by atoms with Gasteiger partial charge in [0, 0.05) is 19.6 Å². The molecule has 162 valence electrons. The van der Waals surface area contributed by atoms with Crippen LogP contribution >= 0.6 is 0 Å². The molecule has 0 radical (unpaired) electrons. The highest BCUT2D eigenvalue weighted by atomic mass is 16.5. The van der Waals surface area contributed by atoms with Gasteiger partial charge in [0.05, 0.1) is 38.3 Å². The number of rotatable bonds is 7. The van der Waals surface area contributed by atoms with Crippen LogP contribution in [0, 0.1) is 6.92 Å². The van der Waals surface area contributed by atoms with Crippen LogP contribution in [-0.4, -0.2) is 63.8 Å². The van der Waals surface area contributed by atoms with E-state index in [1.54, 1.807) is 31.0 Å². The van der Waals surface area contributed by atoms with Gasteiger partial charge < -0.3 is 20.1 Å². The van der Waals surface area contributed by atoms with Crippen LogP contribution in [0.4, 0.5) is 0 Å². The van der Waals surface area contributed by atoms with Gasteiger partial charge in [-0.05, 0) is 30.7 Å². The summed E-state index contributed by atoms with van der Waals surface area (Å²) in [5, 5.41) is 14.6. The maximum atomic E-state index is 12.7. The summed E-state index contributed by atoms with van der Waals surface area (Å²) in [4.78, 5) is 21.4. The van der Waals surface area contributed by atoms with E-state index in [4.69, 9.17) is 9.47 Å². The molecule has 31 heavy (non-hydrogen) atoms. The maximum absolute atomic E-state index is 12.7. The highest BCUT2D eigenvalue weighted by Gasteiger charge is 2.17. The van der Waals surface area contributed by atoms with Gasteiger partial charge in [0.25, 0.3) is 5.91 Å². The predicted molar refractivity (Wildman–Crippen MR) is 113 cm³/mol. The summed E-state index contributed by atoms with van der Waals surface area (Å²) < 4.78 is 12.7. The molecule has 4 rings (SSSR count). The summed E-state index contributed by atoms with van der Waals surface area (Å²) in [6.45, 7) is 5.03. The van der Waals surface area contributed by atoms with Crippen molar-refractivity contribution >= 4 is 5.91 Å². The van der Waals surface area contributed by atoms with Crippen molar-refractivity contribution in [3.8, 4) is 17.1 Å². The number of morpholine rings is 1. The molecule has 3 heterocycles.